The molecule has 0 bridgehead atoms. The summed E-state index contributed by atoms with van der Waals surface area (Å²) in [6.07, 6.45) is 13.3. The predicted molar refractivity (Wildman–Crippen MR) is 130 cm³/mol. The highest BCUT2D eigenvalue weighted by molar-refractivity contribution is 7.22. The molecule has 0 saturated heterocycles. The van der Waals surface area contributed by atoms with Crippen LogP contribution in [0.5, 0.6) is 11.5 Å². The summed E-state index contributed by atoms with van der Waals surface area (Å²) in [4.78, 5) is 8.30. The van der Waals surface area contributed by atoms with Crippen molar-refractivity contribution in [2.24, 2.45) is 11.7 Å². The topological polar surface area (TPSA) is 131 Å². The van der Waals surface area contributed by atoms with Gasteiger partial charge in [-0.3, -0.25) is 4.98 Å². The van der Waals surface area contributed by atoms with Gasteiger partial charge in [0.25, 0.3) is 0 Å². The fourth-order valence-electron chi connectivity index (χ4n) is 3.25. The van der Waals surface area contributed by atoms with E-state index in [0.717, 1.165) is 29.5 Å². The van der Waals surface area contributed by atoms with Crippen molar-refractivity contribution in [3.8, 4) is 11.5 Å². The third-order valence-electron chi connectivity index (χ3n) is 4.82. The lowest BCUT2D eigenvalue weighted by Gasteiger charge is -2.15. The molecule has 4 rings (SSSR count). The minimum absolute atomic E-state index is 0.457. The molecule has 2 heterocycles. The Morgan fingerprint density at radius 2 is 1.90 bits per heavy atom. The van der Waals surface area contributed by atoms with Crippen molar-refractivity contribution in [3.63, 3.8) is 0 Å². The summed E-state index contributed by atoms with van der Waals surface area (Å²) in [5.74, 6) is 2.27. The number of allylic oxidation sites excluding steroid dienone is 1. The number of nitrogens with two attached hydrogens (primary N) is 2. The molecule has 1 fully saturated rings. The molecule has 0 unspecified atom stereocenters. The number of aromatic nitrogens is 2. The average molecular weight is 442 g/mol. The number of rotatable bonds is 4. The van der Waals surface area contributed by atoms with Crippen LogP contribution in [0.1, 0.15) is 44.6 Å². The molecular formula is C23H31N5O2S. The highest BCUT2D eigenvalue weighted by Crippen LogP contribution is 2.30. The maximum absolute atomic E-state index is 7.05. The van der Waals surface area contributed by atoms with Crippen LogP contribution in [0.2, 0.25) is 0 Å². The molecule has 0 aliphatic heterocycles. The van der Waals surface area contributed by atoms with E-state index in [2.05, 4.69) is 16.9 Å². The van der Waals surface area contributed by atoms with Gasteiger partial charge in [0.05, 0.1) is 16.4 Å². The van der Waals surface area contributed by atoms with E-state index in [1.165, 1.54) is 49.5 Å². The van der Waals surface area contributed by atoms with Gasteiger partial charge in [-0.25, -0.2) is 4.98 Å². The van der Waals surface area contributed by atoms with Gasteiger partial charge < -0.3 is 26.7 Å². The first kappa shape index (κ1) is 24.3. The van der Waals surface area contributed by atoms with E-state index in [0.29, 0.717) is 27.9 Å². The molecule has 6 N–H and O–H groups in total. The first-order valence-electron chi connectivity index (χ1n) is 10.3. The summed E-state index contributed by atoms with van der Waals surface area (Å²) < 4.78 is 6.76. The molecule has 0 amide bonds. The highest BCUT2D eigenvalue weighted by atomic mass is 32.1. The van der Waals surface area contributed by atoms with Crippen molar-refractivity contribution in [3.05, 3.63) is 48.3 Å². The van der Waals surface area contributed by atoms with Gasteiger partial charge in [0.15, 0.2) is 5.13 Å². The highest BCUT2D eigenvalue weighted by Gasteiger charge is 2.06. The number of hydrogen-bond donors (Lipinski definition) is 4. The first-order valence-corrected chi connectivity index (χ1v) is 11.1. The SMILES string of the molecule is CC1CCCCC1.CO.N=C/C=C(\N)c1cncc(Oc2ccc3nc(N)sc3c2)c1. The van der Waals surface area contributed by atoms with Crippen molar-refractivity contribution < 1.29 is 9.84 Å². The number of hydrogen-bond acceptors (Lipinski definition) is 8. The normalized spacial score (nSPS) is 14.1. The molecule has 166 valence electrons. The molecule has 1 aromatic carbocycles. The Hall–Kier alpha value is -2.97. The van der Waals surface area contributed by atoms with Crippen LogP contribution >= 0.6 is 11.3 Å². The molecular weight excluding hydrogens is 410 g/mol. The van der Waals surface area contributed by atoms with E-state index in [9.17, 15) is 0 Å². The summed E-state index contributed by atoms with van der Waals surface area (Å²) in [7, 11) is 1.00. The smallest absolute Gasteiger partial charge is 0.181 e. The lowest BCUT2D eigenvalue weighted by atomic mass is 9.91. The summed E-state index contributed by atoms with van der Waals surface area (Å²) in [5.41, 5.74) is 13.5. The zero-order valence-electron chi connectivity index (χ0n) is 18.0. The van der Waals surface area contributed by atoms with Crippen LogP contribution in [0.4, 0.5) is 5.13 Å². The molecule has 31 heavy (non-hydrogen) atoms. The molecule has 1 saturated carbocycles. The summed E-state index contributed by atoms with van der Waals surface area (Å²) in [6, 6.07) is 7.34. The maximum Gasteiger partial charge on any atom is 0.181 e. The molecule has 3 aromatic rings. The fourth-order valence-corrected chi connectivity index (χ4v) is 4.01. The molecule has 0 atom stereocenters. The molecule has 7 nitrogen and oxygen atoms in total. The van der Waals surface area contributed by atoms with Gasteiger partial charge in [-0.15, -0.1) is 0 Å². The van der Waals surface area contributed by atoms with E-state index < -0.39 is 0 Å². The number of thiazole rings is 1. The van der Waals surface area contributed by atoms with Gasteiger partial charge in [-0.2, -0.15) is 0 Å². The Labute approximate surface area is 187 Å². The number of ether oxygens (including phenoxy) is 1. The Kier molecular flexibility index (Phi) is 9.93. The summed E-state index contributed by atoms with van der Waals surface area (Å²) in [6.45, 7) is 2.36. The number of benzene rings is 1. The van der Waals surface area contributed by atoms with Crippen LogP contribution in [-0.4, -0.2) is 28.4 Å². The number of nitrogens with one attached hydrogen (secondary N) is 1. The average Bonchev–Trinajstić information content (AvgIpc) is 3.16. The number of nitrogen functional groups attached to an aromatic ring is 1. The van der Waals surface area contributed by atoms with Crippen LogP contribution in [0.25, 0.3) is 15.9 Å². The second-order valence-corrected chi connectivity index (χ2v) is 8.29. The Morgan fingerprint density at radius 1 is 1.16 bits per heavy atom. The van der Waals surface area contributed by atoms with Crippen LogP contribution in [0, 0.1) is 11.3 Å². The van der Waals surface area contributed by atoms with E-state index >= 15 is 0 Å². The number of anilines is 1. The number of aliphatic hydroxyl groups excluding tert-OH is 1. The first-order chi connectivity index (χ1) is 15.0. The Balaban J connectivity index is 0.000000319. The van der Waals surface area contributed by atoms with Crippen molar-refractivity contribution in [2.75, 3.05) is 12.8 Å². The lowest BCUT2D eigenvalue weighted by molar-refractivity contribution is 0.385. The van der Waals surface area contributed by atoms with Gasteiger partial charge in [0, 0.05) is 36.8 Å². The van der Waals surface area contributed by atoms with Gasteiger partial charge in [-0.05, 0) is 30.2 Å². The molecule has 1 aliphatic carbocycles. The zero-order chi connectivity index (χ0) is 22.6. The second kappa shape index (κ2) is 12.7. The molecule has 1 aliphatic rings. The van der Waals surface area contributed by atoms with Crippen LogP contribution < -0.4 is 16.2 Å². The van der Waals surface area contributed by atoms with Crippen molar-refractivity contribution in [1.29, 1.82) is 5.41 Å². The molecule has 8 heteroatoms. The van der Waals surface area contributed by atoms with Crippen molar-refractivity contribution in [1.82, 2.24) is 9.97 Å². The minimum Gasteiger partial charge on any atom is -0.456 e. The molecule has 0 spiro atoms. The number of pyridine rings is 1. The molecule has 0 radical (unpaired) electrons. The standard InChI is InChI=1S/C15H13N5OS.C7H14.CH4O/c16-4-3-12(17)9-5-11(8-19-7-9)21-10-1-2-13-14(6-10)22-15(18)20-13;1-7-5-3-2-4-6-7;1-2/h1-8,16H,17H2,(H2,18,20);7H,2-6H2,1H3;2H,1H3/b12-3-,16-4?;;. The third-order valence-corrected chi connectivity index (χ3v) is 5.66. The van der Waals surface area contributed by atoms with E-state index in [1.54, 1.807) is 18.5 Å². The number of aliphatic hydroxyl groups is 1. The quantitative estimate of drug-likeness (QED) is 0.411. The molecule has 2 aromatic heterocycles. The van der Waals surface area contributed by atoms with Gasteiger partial charge in [0.2, 0.25) is 0 Å². The van der Waals surface area contributed by atoms with E-state index in [-0.39, 0.29) is 0 Å². The van der Waals surface area contributed by atoms with Gasteiger partial charge in [-0.1, -0.05) is 50.4 Å². The summed E-state index contributed by atoms with van der Waals surface area (Å²) in [5, 5.41) is 14.6. The fraction of sp³-hybridized carbons (Fsp3) is 0.348. The maximum atomic E-state index is 7.05. The van der Waals surface area contributed by atoms with E-state index in [1.807, 2.05) is 18.2 Å². The second-order valence-electron chi connectivity index (χ2n) is 7.22. The lowest BCUT2D eigenvalue weighted by Crippen LogP contribution is -1.99. The monoisotopic (exact) mass is 441 g/mol. The predicted octanol–water partition coefficient (Wildman–Crippen LogP) is 5.21. The van der Waals surface area contributed by atoms with Gasteiger partial charge in [0.1, 0.15) is 11.5 Å². The number of fused-ring (bicyclic) bond motifs is 1. The van der Waals surface area contributed by atoms with Crippen LogP contribution in [0.3, 0.4) is 0 Å². The Morgan fingerprint density at radius 3 is 2.55 bits per heavy atom. The van der Waals surface area contributed by atoms with Crippen molar-refractivity contribution in [2.45, 2.75) is 39.0 Å². The van der Waals surface area contributed by atoms with Crippen LogP contribution in [-0.2, 0) is 0 Å². The zero-order valence-corrected chi connectivity index (χ0v) is 18.9. The van der Waals surface area contributed by atoms with Crippen molar-refractivity contribution >= 4 is 38.6 Å². The largest absolute Gasteiger partial charge is 0.456 e. The van der Waals surface area contributed by atoms with Crippen LogP contribution in [0.15, 0.2) is 42.7 Å². The number of nitrogens with zero attached hydrogens (tertiary/aromatic N) is 2. The Bertz CT molecular complexity index is 997. The minimum atomic E-state index is 0.457. The summed E-state index contributed by atoms with van der Waals surface area (Å²) >= 11 is 1.41. The third kappa shape index (κ3) is 7.66. The van der Waals surface area contributed by atoms with Gasteiger partial charge >= 0.3 is 0 Å². The van der Waals surface area contributed by atoms with E-state index in [4.69, 9.17) is 26.7 Å².